The van der Waals surface area contributed by atoms with Gasteiger partial charge in [-0.1, -0.05) is 30.3 Å². The standard InChI is InChI=1S/C14H14F3N3O2/c1-22-8-7-18-12(21)11-10(9-5-3-2-4-6-9)19-13(20-11)14(15,16)17/h2-6H,7-8H2,1H3,(H,18,21)(H,19,20). The number of H-pyrrole nitrogens is 1. The molecule has 0 saturated heterocycles. The van der Waals surface area contributed by atoms with Gasteiger partial charge >= 0.3 is 6.18 Å². The quantitative estimate of drug-likeness (QED) is 0.833. The normalized spacial score (nSPS) is 11.5. The molecule has 2 rings (SSSR count). The number of benzene rings is 1. The zero-order valence-corrected chi connectivity index (χ0v) is 11.7. The third-order valence-electron chi connectivity index (χ3n) is 2.84. The predicted octanol–water partition coefficient (Wildman–Crippen LogP) is 2.47. The van der Waals surface area contributed by atoms with Gasteiger partial charge in [-0.25, -0.2) is 4.98 Å². The number of nitrogens with one attached hydrogen (secondary N) is 2. The zero-order valence-electron chi connectivity index (χ0n) is 11.7. The van der Waals surface area contributed by atoms with Gasteiger partial charge < -0.3 is 15.0 Å². The largest absolute Gasteiger partial charge is 0.449 e. The maximum atomic E-state index is 12.8. The van der Waals surface area contributed by atoms with Crippen molar-refractivity contribution < 1.29 is 22.7 Å². The van der Waals surface area contributed by atoms with Crippen molar-refractivity contribution >= 4 is 5.91 Å². The summed E-state index contributed by atoms with van der Waals surface area (Å²) in [6.07, 6.45) is -4.66. The highest BCUT2D eigenvalue weighted by molar-refractivity contribution is 5.98. The van der Waals surface area contributed by atoms with Crippen LogP contribution in [0.5, 0.6) is 0 Å². The summed E-state index contributed by atoms with van der Waals surface area (Å²) < 4.78 is 43.2. The summed E-state index contributed by atoms with van der Waals surface area (Å²) in [5.41, 5.74) is 0.156. The summed E-state index contributed by atoms with van der Waals surface area (Å²) in [5.74, 6) is -1.87. The maximum Gasteiger partial charge on any atom is 0.449 e. The molecule has 118 valence electrons. The SMILES string of the molecule is COCCNC(=O)c1[nH]c(C(F)(F)F)nc1-c1ccccc1. The lowest BCUT2D eigenvalue weighted by atomic mass is 10.1. The van der Waals surface area contributed by atoms with Crippen molar-refractivity contribution in [1.29, 1.82) is 0 Å². The minimum Gasteiger partial charge on any atom is -0.383 e. The predicted molar refractivity (Wildman–Crippen MR) is 73.2 cm³/mol. The van der Waals surface area contributed by atoms with Crippen LogP contribution in [0.2, 0.25) is 0 Å². The van der Waals surface area contributed by atoms with Gasteiger partial charge in [-0.05, 0) is 0 Å². The summed E-state index contributed by atoms with van der Waals surface area (Å²) in [5, 5.41) is 2.47. The van der Waals surface area contributed by atoms with Gasteiger partial charge in [0.1, 0.15) is 11.4 Å². The van der Waals surface area contributed by atoms with Gasteiger partial charge in [0.25, 0.3) is 5.91 Å². The summed E-state index contributed by atoms with van der Waals surface area (Å²) in [6.45, 7) is 0.441. The molecule has 0 aliphatic rings. The Balaban J connectivity index is 2.38. The maximum absolute atomic E-state index is 12.8. The molecule has 0 aliphatic heterocycles. The minimum atomic E-state index is -4.66. The number of carbonyl (C=O) groups excluding carboxylic acids is 1. The van der Waals surface area contributed by atoms with E-state index in [0.717, 1.165) is 0 Å². The number of carbonyl (C=O) groups is 1. The lowest BCUT2D eigenvalue weighted by Crippen LogP contribution is -2.27. The average molecular weight is 313 g/mol. The molecule has 0 saturated carbocycles. The average Bonchev–Trinajstić information content (AvgIpc) is 2.93. The Bertz CT molecular complexity index is 639. The van der Waals surface area contributed by atoms with Crippen molar-refractivity contribution in [2.45, 2.75) is 6.18 Å². The molecule has 0 unspecified atom stereocenters. The fraction of sp³-hybridized carbons (Fsp3) is 0.286. The Labute approximate surface area is 124 Å². The first kappa shape index (κ1) is 16.0. The van der Waals surface area contributed by atoms with E-state index in [1.807, 2.05) is 0 Å². The molecule has 0 fully saturated rings. The third-order valence-corrected chi connectivity index (χ3v) is 2.84. The van der Waals surface area contributed by atoms with Crippen molar-refractivity contribution in [2.24, 2.45) is 0 Å². The molecule has 1 heterocycles. The number of imidazole rings is 1. The van der Waals surface area contributed by atoms with Gasteiger partial charge in [0.2, 0.25) is 5.82 Å². The van der Waals surface area contributed by atoms with Gasteiger partial charge in [-0.2, -0.15) is 13.2 Å². The van der Waals surface area contributed by atoms with Crippen molar-refractivity contribution in [3.63, 3.8) is 0 Å². The van der Waals surface area contributed by atoms with Crippen LogP contribution in [0, 0.1) is 0 Å². The van der Waals surface area contributed by atoms with Crippen LogP contribution in [0.3, 0.4) is 0 Å². The van der Waals surface area contributed by atoms with Crippen LogP contribution in [0.1, 0.15) is 16.3 Å². The minimum absolute atomic E-state index is 0.0390. The highest BCUT2D eigenvalue weighted by Crippen LogP contribution is 2.31. The summed E-state index contributed by atoms with van der Waals surface area (Å²) in [7, 11) is 1.46. The van der Waals surface area contributed by atoms with Crippen LogP contribution < -0.4 is 5.32 Å². The molecule has 0 atom stereocenters. The van der Waals surface area contributed by atoms with E-state index in [0.29, 0.717) is 5.56 Å². The lowest BCUT2D eigenvalue weighted by Gasteiger charge is -2.05. The van der Waals surface area contributed by atoms with Crippen LogP contribution in [0.15, 0.2) is 30.3 Å². The molecule has 1 aromatic heterocycles. The molecule has 0 spiro atoms. The lowest BCUT2D eigenvalue weighted by molar-refractivity contribution is -0.144. The highest BCUT2D eigenvalue weighted by atomic mass is 19.4. The number of halogens is 3. The van der Waals surface area contributed by atoms with Crippen LogP contribution in [0.4, 0.5) is 13.2 Å². The molecule has 5 nitrogen and oxygen atoms in total. The van der Waals surface area contributed by atoms with E-state index in [4.69, 9.17) is 4.74 Å². The molecule has 2 N–H and O–H groups in total. The molecular weight excluding hydrogens is 299 g/mol. The molecule has 0 bridgehead atoms. The smallest absolute Gasteiger partial charge is 0.383 e. The second-order valence-corrected chi connectivity index (χ2v) is 4.42. The first-order valence-electron chi connectivity index (χ1n) is 6.43. The molecule has 22 heavy (non-hydrogen) atoms. The van der Waals surface area contributed by atoms with E-state index in [-0.39, 0.29) is 24.5 Å². The van der Waals surface area contributed by atoms with Crippen LogP contribution in [-0.4, -0.2) is 36.1 Å². The molecule has 0 radical (unpaired) electrons. The van der Waals surface area contributed by atoms with Crippen LogP contribution in [0.25, 0.3) is 11.3 Å². The van der Waals surface area contributed by atoms with Gasteiger partial charge in [-0.15, -0.1) is 0 Å². The summed E-state index contributed by atoms with van der Waals surface area (Å²) in [6, 6.07) is 8.21. The Kier molecular flexibility index (Phi) is 4.81. The first-order chi connectivity index (χ1) is 10.4. The van der Waals surface area contributed by atoms with Gasteiger partial charge in [0.05, 0.1) is 6.61 Å². The van der Waals surface area contributed by atoms with E-state index < -0.39 is 17.9 Å². The second-order valence-electron chi connectivity index (χ2n) is 4.42. The van der Waals surface area contributed by atoms with Gasteiger partial charge in [-0.3, -0.25) is 4.79 Å². The topological polar surface area (TPSA) is 67.0 Å². The first-order valence-corrected chi connectivity index (χ1v) is 6.43. The van der Waals surface area contributed by atoms with Crippen LogP contribution in [-0.2, 0) is 10.9 Å². The molecule has 8 heteroatoms. The zero-order chi connectivity index (χ0) is 16.2. The molecular formula is C14H14F3N3O2. The second kappa shape index (κ2) is 6.61. The Morgan fingerprint density at radius 3 is 2.59 bits per heavy atom. The number of methoxy groups -OCH3 is 1. The van der Waals surface area contributed by atoms with Crippen molar-refractivity contribution in [3.05, 3.63) is 41.9 Å². The molecule has 0 aliphatic carbocycles. The number of rotatable bonds is 5. The summed E-state index contributed by atoms with van der Waals surface area (Å²) in [4.78, 5) is 17.6. The molecule has 1 aromatic carbocycles. The van der Waals surface area contributed by atoms with Crippen molar-refractivity contribution in [1.82, 2.24) is 15.3 Å². The fourth-order valence-electron chi connectivity index (χ4n) is 1.83. The number of alkyl halides is 3. The number of ether oxygens (including phenoxy) is 1. The van der Waals surface area contributed by atoms with Crippen molar-refractivity contribution in [2.75, 3.05) is 20.3 Å². The number of hydrogen-bond donors (Lipinski definition) is 2. The number of hydrogen-bond acceptors (Lipinski definition) is 3. The third kappa shape index (κ3) is 3.64. The van der Waals surface area contributed by atoms with E-state index >= 15 is 0 Å². The number of nitrogens with zero attached hydrogens (tertiary/aromatic N) is 1. The Morgan fingerprint density at radius 1 is 1.32 bits per heavy atom. The highest BCUT2D eigenvalue weighted by Gasteiger charge is 2.36. The monoisotopic (exact) mass is 313 g/mol. The number of aromatic amines is 1. The van der Waals surface area contributed by atoms with E-state index in [1.165, 1.54) is 7.11 Å². The van der Waals surface area contributed by atoms with Crippen molar-refractivity contribution in [3.8, 4) is 11.3 Å². The van der Waals surface area contributed by atoms with E-state index in [1.54, 1.807) is 30.3 Å². The van der Waals surface area contributed by atoms with Gasteiger partial charge in [0, 0.05) is 19.2 Å². The fourth-order valence-corrected chi connectivity index (χ4v) is 1.83. The molecule has 2 aromatic rings. The summed E-state index contributed by atoms with van der Waals surface area (Å²) >= 11 is 0. The van der Waals surface area contributed by atoms with Gasteiger partial charge in [0.15, 0.2) is 0 Å². The number of amides is 1. The molecule has 1 amide bonds. The number of aromatic nitrogens is 2. The van der Waals surface area contributed by atoms with Crippen LogP contribution >= 0.6 is 0 Å². The Hall–Kier alpha value is -2.35. The van der Waals surface area contributed by atoms with E-state index in [2.05, 4.69) is 15.3 Å². The Morgan fingerprint density at radius 2 is 2.00 bits per heavy atom. The van der Waals surface area contributed by atoms with E-state index in [9.17, 15) is 18.0 Å².